The Morgan fingerprint density at radius 2 is 2.00 bits per heavy atom. The highest BCUT2D eigenvalue weighted by molar-refractivity contribution is 7.22. The number of methoxy groups -OCH3 is 1. The van der Waals surface area contributed by atoms with Gasteiger partial charge in [-0.15, -0.1) is 11.3 Å². The first-order valence-corrected chi connectivity index (χ1v) is 13.3. The largest absolute Gasteiger partial charge is 0.481 e. The summed E-state index contributed by atoms with van der Waals surface area (Å²) in [6.45, 7) is 8.04. The Labute approximate surface area is 225 Å². The van der Waals surface area contributed by atoms with E-state index in [1.165, 1.54) is 0 Å². The first-order chi connectivity index (χ1) is 17.7. The van der Waals surface area contributed by atoms with Crippen molar-refractivity contribution in [3.05, 3.63) is 65.6 Å². The van der Waals surface area contributed by atoms with Crippen LogP contribution < -0.4 is 15.0 Å². The number of amides is 2. The summed E-state index contributed by atoms with van der Waals surface area (Å²) in [5.74, 6) is 1.46. The van der Waals surface area contributed by atoms with Crippen molar-refractivity contribution in [1.29, 1.82) is 0 Å². The molecular formula is C27H29ClN6O2S. The summed E-state index contributed by atoms with van der Waals surface area (Å²) >= 11 is 7.79. The van der Waals surface area contributed by atoms with Crippen molar-refractivity contribution in [2.75, 3.05) is 31.6 Å². The predicted molar refractivity (Wildman–Crippen MR) is 149 cm³/mol. The standard InChI is InChI=1S/C27H29ClN6O2S/c1-17(18-6-5-7-20(28)12-18)32-26(35)34-11-10-33(15-27(34,2)3)25-24-21(30-16-31-25)14-22(37-24)19-8-9-29-23(13-19)36-4/h5-9,12-14,16-17H,10-11,15H2,1-4H3,(H,32,35). The number of ether oxygens (including phenoxy) is 1. The highest BCUT2D eigenvalue weighted by Gasteiger charge is 2.38. The van der Waals surface area contributed by atoms with Crippen molar-refractivity contribution in [2.45, 2.75) is 32.4 Å². The molecule has 3 aromatic heterocycles. The number of benzene rings is 1. The van der Waals surface area contributed by atoms with Gasteiger partial charge >= 0.3 is 6.03 Å². The summed E-state index contributed by atoms with van der Waals surface area (Å²) in [6.07, 6.45) is 3.35. The number of halogens is 1. The number of carbonyl (C=O) groups is 1. The van der Waals surface area contributed by atoms with Gasteiger partial charge in [0.1, 0.15) is 12.1 Å². The molecule has 0 bridgehead atoms. The monoisotopic (exact) mass is 536 g/mol. The van der Waals surface area contributed by atoms with Crippen LogP contribution in [0.4, 0.5) is 10.6 Å². The number of urea groups is 1. The SMILES string of the molecule is COc1cc(-c2cc3ncnc(N4CCN(C(=O)NC(C)c5cccc(Cl)c5)C(C)(C)C4)c3s2)ccn1. The average Bonchev–Trinajstić information content (AvgIpc) is 3.32. The molecule has 5 rings (SSSR count). The fourth-order valence-electron chi connectivity index (χ4n) is 4.72. The number of hydrogen-bond donors (Lipinski definition) is 1. The van der Waals surface area contributed by atoms with Crippen LogP contribution in [0.15, 0.2) is 55.0 Å². The highest BCUT2D eigenvalue weighted by Crippen LogP contribution is 2.38. The molecule has 192 valence electrons. The smallest absolute Gasteiger partial charge is 0.318 e. The number of carbonyl (C=O) groups excluding carboxylic acids is 1. The van der Waals surface area contributed by atoms with Crippen LogP contribution >= 0.6 is 22.9 Å². The summed E-state index contributed by atoms with van der Waals surface area (Å²) in [4.78, 5) is 31.9. The summed E-state index contributed by atoms with van der Waals surface area (Å²) in [5, 5.41) is 3.79. The summed E-state index contributed by atoms with van der Waals surface area (Å²) in [7, 11) is 1.61. The minimum atomic E-state index is -0.411. The van der Waals surface area contributed by atoms with E-state index in [1.54, 1.807) is 31.0 Å². The Morgan fingerprint density at radius 3 is 2.76 bits per heavy atom. The summed E-state index contributed by atoms with van der Waals surface area (Å²) in [6, 6.07) is 13.3. The van der Waals surface area contributed by atoms with Crippen LogP contribution in [0.25, 0.3) is 20.7 Å². The molecule has 4 aromatic rings. The molecule has 8 nitrogen and oxygen atoms in total. The molecule has 1 aliphatic heterocycles. The van der Waals surface area contributed by atoms with Crippen molar-refractivity contribution in [2.24, 2.45) is 0 Å². The molecule has 37 heavy (non-hydrogen) atoms. The molecule has 1 aromatic carbocycles. The van der Waals surface area contributed by atoms with Gasteiger partial charge in [-0.25, -0.2) is 19.7 Å². The number of nitrogens with one attached hydrogen (secondary N) is 1. The van der Waals surface area contributed by atoms with Crippen molar-refractivity contribution in [3.8, 4) is 16.3 Å². The zero-order valence-electron chi connectivity index (χ0n) is 21.2. The van der Waals surface area contributed by atoms with Crippen molar-refractivity contribution < 1.29 is 9.53 Å². The number of thiophene rings is 1. The molecule has 1 unspecified atom stereocenters. The molecule has 0 radical (unpaired) electrons. The predicted octanol–water partition coefficient (Wildman–Crippen LogP) is 5.79. The van der Waals surface area contributed by atoms with Gasteiger partial charge in [0.15, 0.2) is 0 Å². The first-order valence-electron chi connectivity index (χ1n) is 12.1. The lowest BCUT2D eigenvalue weighted by Crippen LogP contribution is -2.63. The molecule has 1 aliphatic rings. The lowest BCUT2D eigenvalue weighted by molar-refractivity contribution is 0.121. The number of rotatable bonds is 5. The van der Waals surface area contributed by atoms with Gasteiger partial charge in [0, 0.05) is 41.8 Å². The van der Waals surface area contributed by atoms with Gasteiger partial charge < -0.3 is 19.9 Å². The van der Waals surface area contributed by atoms with Crippen LogP contribution in [0, 0.1) is 0 Å². The van der Waals surface area contributed by atoms with E-state index in [1.807, 2.05) is 48.2 Å². The Hall–Kier alpha value is -3.43. The number of nitrogens with zero attached hydrogens (tertiary/aromatic N) is 5. The van der Waals surface area contributed by atoms with Crippen molar-refractivity contribution in [1.82, 2.24) is 25.2 Å². The number of pyridine rings is 1. The lowest BCUT2D eigenvalue weighted by Gasteiger charge is -2.47. The summed E-state index contributed by atoms with van der Waals surface area (Å²) in [5.41, 5.74) is 2.48. The van der Waals surface area contributed by atoms with Crippen molar-refractivity contribution >= 4 is 45.0 Å². The lowest BCUT2D eigenvalue weighted by atomic mass is 9.99. The molecular weight excluding hydrogens is 508 g/mol. The van der Waals surface area contributed by atoms with E-state index in [-0.39, 0.29) is 12.1 Å². The minimum Gasteiger partial charge on any atom is -0.481 e. The molecule has 1 fully saturated rings. The maximum atomic E-state index is 13.3. The molecule has 1 atom stereocenters. The quantitative estimate of drug-likeness (QED) is 0.348. The van der Waals surface area contributed by atoms with Gasteiger partial charge in [0.05, 0.1) is 28.9 Å². The van der Waals surface area contributed by atoms with Crippen LogP contribution in [0.2, 0.25) is 5.02 Å². The van der Waals surface area contributed by atoms with Gasteiger partial charge in [0.25, 0.3) is 0 Å². The maximum Gasteiger partial charge on any atom is 0.318 e. The van der Waals surface area contributed by atoms with E-state index in [4.69, 9.17) is 16.3 Å². The minimum absolute atomic E-state index is 0.0880. The molecule has 1 saturated heterocycles. The fourth-order valence-corrected chi connectivity index (χ4v) is 6.04. The van der Waals surface area contributed by atoms with Crippen LogP contribution in [-0.2, 0) is 0 Å². The van der Waals surface area contributed by atoms with Crippen molar-refractivity contribution in [3.63, 3.8) is 0 Å². The highest BCUT2D eigenvalue weighted by atomic mass is 35.5. The van der Waals surface area contributed by atoms with Crippen LogP contribution in [0.1, 0.15) is 32.4 Å². The normalized spacial score (nSPS) is 16.0. The van der Waals surface area contributed by atoms with E-state index < -0.39 is 5.54 Å². The Morgan fingerprint density at radius 1 is 1.16 bits per heavy atom. The third-order valence-electron chi connectivity index (χ3n) is 6.66. The topological polar surface area (TPSA) is 83.5 Å². The second kappa shape index (κ2) is 10.1. The zero-order chi connectivity index (χ0) is 26.2. The van der Waals surface area contributed by atoms with Gasteiger partial charge in [-0.3, -0.25) is 0 Å². The second-order valence-electron chi connectivity index (χ2n) is 9.72. The van der Waals surface area contributed by atoms with E-state index in [0.717, 1.165) is 32.0 Å². The van der Waals surface area contributed by atoms with Gasteiger partial charge in [-0.2, -0.15) is 0 Å². The molecule has 1 N–H and O–H groups in total. The Balaban J connectivity index is 1.35. The van der Waals surface area contributed by atoms with Gasteiger partial charge in [-0.05, 0) is 56.2 Å². The molecule has 4 heterocycles. The average molecular weight is 537 g/mol. The van der Waals surface area contributed by atoms with Gasteiger partial charge in [-0.1, -0.05) is 23.7 Å². The second-order valence-corrected chi connectivity index (χ2v) is 11.2. The molecule has 0 saturated carbocycles. The van der Waals surface area contributed by atoms with Gasteiger partial charge in [0.2, 0.25) is 5.88 Å². The molecule has 0 spiro atoms. The number of aromatic nitrogens is 3. The number of piperazine rings is 1. The van der Waals surface area contributed by atoms with E-state index >= 15 is 0 Å². The van der Waals surface area contributed by atoms with E-state index in [9.17, 15) is 4.79 Å². The summed E-state index contributed by atoms with van der Waals surface area (Å²) < 4.78 is 6.31. The number of fused-ring (bicyclic) bond motifs is 1. The Kier molecular flexibility index (Phi) is 6.92. The number of anilines is 1. The maximum absolute atomic E-state index is 13.3. The first kappa shape index (κ1) is 25.2. The molecule has 10 heteroatoms. The van der Waals surface area contributed by atoms with Crippen LogP contribution in [-0.4, -0.2) is 58.2 Å². The number of hydrogen-bond acceptors (Lipinski definition) is 7. The third-order valence-corrected chi connectivity index (χ3v) is 8.06. The fraction of sp³-hybridized carbons (Fsp3) is 0.333. The van der Waals surface area contributed by atoms with Crippen LogP contribution in [0.5, 0.6) is 5.88 Å². The van der Waals surface area contributed by atoms with Crippen LogP contribution in [0.3, 0.4) is 0 Å². The zero-order valence-corrected chi connectivity index (χ0v) is 22.8. The Bertz CT molecular complexity index is 1440. The van der Waals surface area contributed by atoms with E-state index in [0.29, 0.717) is 30.5 Å². The molecule has 0 aliphatic carbocycles. The van der Waals surface area contributed by atoms with E-state index in [2.05, 4.69) is 45.1 Å². The third kappa shape index (κ3) is 5.19. The molecule has 2 amide bonds.